The molecule has 6 heteroatoms. The highest BCUT2D eigenvalue weighted by molar-refractivity contribution is 5.86. The Morgan fingerprint density at radius 2 is 2.17 bits per heavy atom. The van der Waals surface area contributed by atoms with E-state index in [9.17, 15) is 14.4 Å². The molecule has 0 spiro atoms. The normalized spacial score (nSPS) is 20.4. The van der Waals surface area contributed by atoms with Crippen molar-refractivity contribution in [2.24, 2.45) is 5.92 Å². The third-order valence-corrected chi connectivity index (χ3v) is 3.02. The van der Waals surface area contributed by atoms with Crippen LogP contribution in [0.5, 0.6) is 0 Å². The first-order chi connectivity index (χ1) is 8.54. The minimum atomic E-state index is -1.11. The summed E-state index contributed by atoms with van der Waals surface area (Å²) < 4.78 is 5.07. The number of hydrogen-bond donors (Lipinski definition) is 2. The highest BCUT2D eigenvalue weighted by atomic mass is 16.5. The fraction of sp³-hybridized carbons (Fsp3) is 0.750. The van der Waals surface area contributed by atoms with Crippen LogP contribution in [0.25, 0.3) is 0 Å². The molecule has 0 radical (unpaired) electrons. The van der Waals surface area contributed by atoms with Gasteiger partial charge >= 0.3 is 5.97 Å². The predicted octanol–water partition coefficient (Wildman–Crippen LogP) is 0.352. The summed E-state index contributed by atoms with van der Waals surface area (Å²) in [7, 11) is 0. The van der Waals surface area contributed by atoms with Crippen LogP contribution in [0.4, 0.5) is 0 Å². The first-order valence-electron chi connectivity index (χ1n) is 6.17. The van der Waals surface area contributed by atoms with Crippen LogP contribution >= 0.6 is 0 Å². The Kier molecular flexibility index (Phi) is 5.77. The van der Waals surface area contributed by atoms with Gasteiger partial charge in [0, 0.05) is 19.4 Å². The number of ether oxygens (including phenoxy) is 1. The maximum absolute atomic E-state index is 11.7. The lowest BCUT2D eigenvalue weighted by molar-refractivity contribution is -0.142. The van der Waals surface area contributed by atoms with E-state index in [0.717, 1.165) is 0 Å². The van der Waals surface area contributed by atoms with Crippen LogP contribution < -0.4 is 5.32 Å². The van der Waals surface area contributed by atoms with Gasteiger partial charge in [-0.15, -0.1) is 0 Å². The van der Waals surface area contributed by atoms with Crippen molar-refractivity contribution in [2.45, 2.75) is 38.6 Å². The van der Waals surface area contributed by atoms with Gasteiger partial charge < -0.3 is 15.2 Å². The largest absolute Gasteiger partial charge is 0.480 e. The summed E-state index contributed by atoms with van der Waals surface area (Å²) in [5, 5.41) is 11.5. The number of carbonyl (C=O) groups excluding carboxylic acids is 2. The number of nitrogens with one attached hydrogen (secondary N) is 1. The molecule has 0 aliphatic carbocycles. The quantitative estimate of drug-likeness (QED) is 0.686. The number of carboxylic acid groups (broad SMARTS) is 1. The van der Waals surface area contributed by atoms with Gasteiger partial charge in [0.25, 0.3) is 0 Å². The lowest BCUT2D eigenvalue weighted by atomic mass is 10.0. The summed E-state index contributed by atoms with van der Waals surface area (Å²) in [5.74, 6) is -1.68. The zero-order valence-electron chi connectivity index (χ0n) is 10.5. The number of rotatable bonds is 7. The van der Waals surface area contributed by atoms with Gasteiger partial charge in [-0.1, -0.05) is 6.92 Å². The molecule has 1 rings (SSSR count). The minimum absolute atomic E-state index is 0.000279. The predicted molar refractivity (Wildman–Crippen MR) is 63.0 cm³/mol. The van der Waals surface area contributed by atoms with Crippen molar-refractivity contribution in [3.63, 3.8) is 0 Å². The fourth-order valence-electron chi connectivity index (χ4n) is 1.77. The van der Waals surface area contributed by atoms with Crippen LogP contribution in [-0.2, 0) is 19.1 Å². The van der Waals surface area contributed by atoms with Gasteiger partial charge in [0.2, 0.25) is 5.91 Å². The van der Waals surface area contributed by atoms with E-state index in [2.05, 4.69) is 5.32 Å². The lowest BCUT2D eigenvalue weighted by Gasteiger charge is -2.16. The van der Waals surface area contributed by atoms with Crippen LogP contribution in [0.3, 0.4) is 0 Å². The van der Waals surface area contributed by atoms with Gasteiger partial charge in [-0.25, -0.2) is 4.79 Å². The molecular formula is C12H19NO5. The molecule has 1 saturated heterocycles. The van der Waals surface area contributed by atoms with Crippen molar-refractivity contribution in [1.82, 2.24) is 5.32 Å². The summed E-state index contributed by atoms with van der Waals surface area (Å²) in [6.07, 6.45) is 1.32. The molecule has 18 heavy (non-hydrogen) atoms. The van der Waals surface area contributed by atoms with E-state index in [4.69, 9.17) is 9.84 Å². The molecule has 0 bridgehead atoms. The number of carbonyl (C=O) groups is 3. The first kappa shape index (κ1) is 14.6. The maximum atomic E-state index is 11.7. The maximum Gasteiger partial charge on any atom is 0.326 e. The average molecular weight is 257 g/mol. The summed E-state index contributed by atoms with van der Waals surface area (Å²) in [4.78, 5) is 33.9. The molecule has 0 aromatic heterocycles. The SMILES string of the molecule is CCC(=O)CC[C@@H](NC(=O)[C@H]1CCOC1)C(=O)O. The van der Waals surface area contributed by atoms with Crippen LogP contribution in [0.1, 0.15) is 32.6 Å². The molecule has 2 atom stereocenters. The number of amides is 1. The molecule has 1 fully saturated rings. The number of carboxylic acids is 1. The van der Waals surface area contributed by atoms with E-state index in [1.165, 1.54) is 0 Å². The molecule has 2 N–H and O–H groups in total. The highest BCUT2D eigenvalue weighted by Gasteiger charge is 2.28. The van der Waals surface area contributed by atoms with Gasteiger partial charge in [-0.2, -0.15) is 0 Å². The van der Waals surface area contributed by atoms with E-state index < -0.39 is 12.0 Å². The van der Waals surface area contributed by atoms with Gasteiger partial charge in [0.1, 0.15) is 11.8 Å². The molecule has 102 valence electrons. The fourth-order valence-corrected chi connectivity index (χ4v) is 1.77. The molecule has 0 aromatic rings. The molecule has 0 aromatic carbocycles. The topological polar surface area (TPSA) is 92.7 Å². The second kappa shape index (κ2) is 7.10. The van der Waals surface area contributed by atoms with Crippen LogP contribution in [0, 0.1) is 5.92 Å². The molecule has 6 nitrogen and oxygen atoms in total. The molecule has 1 amide bonds. The van der Waals surface area contributed by atoms with Crippen LogP contribution in [-0.4, -0.2) is 42.0 Å². The molecule has 1 aliphatic rings. The van der Waals surface area contributed by atoms with Gasteiger partial charge in [0.15, 0.2) is 0 Å². The van der Waals surface area contributed by atoms with E-state index in [0.29, 0.717) is 26.1 Å². The third kappa shape index (κ3) is 4.44. The minimum Gasteiger partial charge on any atom is -0.480 e. The zero-order valence-corrected chi connectivity index (χ0v) is 10.5. The Labute approximate surface area is 106 Å². The summed E-state index contributed by atoms with van der Waals surface area (Å²) in [6, 6.07) is -0.992. The summed E-state index contributed by atoms with van der Waals surface area (Å²) >= 11 is 0. The van der Waals surface area contributed by atoms with Crippen LogP contribution in [0.15, 0.2) is 0 Å². The van der Waals surface area contributed by atoms with Crippen molar-refractivity contribution in [3.8, 4) is 0 Å². The summed E-state index contributed by atoms with van der Waals surface area (Å²) in [6.45, 7) is 2.60. The molecule has 0 unspecified atom stereocenters. The number of aliphatic carboxylic acids is 1. The monoisotopic (exact) mass is 257 g/mol. The van der Waals surface area contributed by atoms with E-state index >= 15 is 0 Å². The van der Waals surface area contributed by atoms with Crippen molar-refractivity contribution in [2.75, 3.05) is 13.2 Å². The lowest BCUT2D eigenvalue weighted by Crippen LogP contribution is -2.44. The van der Waals surface area contributed by atoms with Crippen LogP contribution in [0.2, 0.25) is 0 Å². The van der Waals surface area contributed by atoms with E-state index in [1.54, 1.807) is 6.92 Å². The number of Topliss-reactive ketones (excluding diaryl/α,β-unsaturated/α-hetero) is 1. The standard InChI is InChI=1S/C12H19NO5/c1-2-9(14)3-4-10(12(16)17)13-11(15)8-5-6-18-7-8/h8,10H,2-7H2,1H3,(H,13,15)(H,16,17)/t8-,10+/m0/s1. The first-order valence-corrected chi connectivity index (χ1v) is 6.17. The van der Waals surface area contributed by atoms with Gasteiger partial charge in [-0.05, 0) is 12.8 Å². The second-order valence-corrected chi connectivity index (χ2v) is 4.39. The average Bonchev–Trinajstić information content (AvgIpc) is 2.87. The Morgan fingerprint density at radius 3 is 2.67 bits per heavy atom. The van der Waals surface area contributed by atoms with E-state index in [-0.39, 0.29) is 30.4 Å². The highest BCUT2D eigenvalue weighted by Crippen LogP contribution is 2.13. The van der Waals surface area contributed by atoms with E-state index in [1.807, 2.05) is 0 Å². The Balaban J connectivity index is 2.44. The Hall–Kier alpha value is -1.43. The molecule has 0 saturated carbocycles. The van der Waals surface area contributed by atoms with Crippen molar-refractivity contribution in [1.29, 1.82) is 0 Å². The second-order valence-electron chi connectivity index (χ2n) is 4.39. The number of hydrogen-bond acceptors (Lipinski definition) is 4. The number of ketones is 1. The molecule has 1 heterocycles. The van der Waals surface area contributed by atoms with Crippen molar-refractivity contribution < 1.29 is 24.2 Å². The Morgan fingerprint density at radius 1 is 1.44 bits per heavy atom. The third-order valence-electron chi connectivity index (χ3n) is 3.02. The van der Waals surface area contributed by atoms with Crippen molar-refractivity contribution >= 4 is 17.7 Å². The van der Waals surface area contributed by atoms with Gasteiger partial charge in [0.05, 0.1) is 12.5 Å². The molecular weight excluding hydrogens is 238 g/mol. The smallest absolute Gasteiger partial charge is 0.326 e. The van der Waals surface area contributed by atoms with Crippen molar-refractivity contribution in [3.05, 3.63) is 0 Å². The zero-order chi connectivity index (χ0) is 13.5. The van der Waals surface area contributed by atoms with Gasteiger partial charge in [-0.3, -0.25) is 9.59 Å². The summed E-state index contributed by atoms with van der Waals surface area (Å²) in [5.41, 5.74) is 0. The Bertz CT molecular complexity index is 322. The molecule has 1 aliphatic heterocycles.